The number of nitrogens with zero attached hydrogens (tertiary/aromatic N) is 5. The van der Waals surface area contributed by atoms with Crippen molar-refractivity contribution in [1.29, 1.82) is 0 Å². The van der Waals surface area contributed by atoms with Crippen molar-refractivity contribution in [2.75, 3.05) is 45.6 Å². The van der Waals surface area contributed by atoms with Gasteiger partial charge in [0.25, 0.3) is 0 Å². The molecule has 198 valence electrons. The molecule has 0 spiro atoms. The summed E-state index contributed by atoms with van der Waals surface area (Å²) in [5, 5.41) is 6.42. The monoisotopic (exact) mass is 535 g/mol. The Kier molecular flexibility index (Phi) is 7.22. The molecule has 0 bridgehead atoms. The summed E-state index contributed by atoms with van der Waals surface area (Å²) < 4.78 is 5.17. The quantitative estimate of drug-likeness (QED) is 0.510. The number of fused-ring (bicyclic) bond motifs is 2. The number of amides is 4. The summed E-state index contributed by atoms with van der Waals surface area (Å²) in [6.07, 6.45) is 8.92. The highest BCUT2D eigenvalue weighted by Gasteiger charge is 2.47. The van der Waals surface area contributed by atoms with Gasteiger partial charge in [-0.25, -0.2) is 14.8 Å². The molecule has 1 atom stereocenters. The number of urea groups is 1. The fourth-order valence-electron chi connectivity index (χ4n) is 4.98. The van der Waals surface area contributed by atoms with Crippen LogP contribution >= 0.6 is 11.3 Å². The zero-order valence-corrected chi connectivity index (χ0v) is 21.9. The first-order chi connectivity index (χ1) is 18.4. The number of carbonyl (C=O) groups is 3. The van der Waals surface area contributed by atoms with Gasteiger partial charge in [0, 0.05) is 18.0 Å². The number of hydrogen-bond donors (Lipinski definition) is 2. The Bertz CT molecular complexity index is 1320. The number of rotatable bonds is 7. The van der Waals surface area contributed by atoms with Crippen molar-refractivity contribution in [3.8, 4) is 18.1 Å². The van der Waals surface area contributed by atoms with Gasteiger partial charge >= 0.3 is 6.03 Å². The summed E-state index contributed by atoms with van der Waals surface area (Å²) in [7, 11) is 1.59. The Morgan fingerprint density at radius 3 is 2.82 bits per heavy atom. The standard InChI is InChI=1S/C26H29N7O4S/c1-3-11-32(26(36)28-12-17-7-9-19(37-2)10-8-17)33-16-23(35)31-15-22(34)30(14-21(31)33)13-18-5-4-6-20-24(18)29-25(27)38-20/h1,5,7-10,21H,4,6,11-16H2,2H3,(H2,27,29)(H,28,36)/t21-/m0/s1. The highest BCUT2D eigenvalue weighted by atomic mass is 32.1. The van der Waals surface area contributed by atoms with Gasteiger partial charge in [-0.2, -0.15) is 5.01 Å². The molecule has 2 saturated heterocycles. The first-order valence-electron chi connectivity index (χ1n) is 12.3. The third-order valence-corrected chi connectivity index (χ3v) is 7.84. The van der Waals surface area contributed by atoms with Crippen molar-refractivity contribution in [1.82, 2.24) is 30.1 Å². The first kappa shape index (κ1) is 25.6. The first-order valence-corrected chi connectivity index (χ1v) is 13.1. The van der Waals surface area contributed by atoms with Gasteiger partial charge in [0.15, 0.2) is 5.13 Å². The van der Waals surface area contributed by atoms with Crippen molar-refractivity contribution in [2.24, 2.45) is 0 Å². The fraction of sp³-hybridized carbons (Fsp3) is 0.385. The van der Waals surface area contributed by atoms with Crippen LogP contribution in [0.25, 0.3) is 5.57 Å². The lowest BCUT2D eigenvalue weighted by molar-refractivity contribution is -0.147. The van der Waals surface area contributed by atoms with Crippen LogP contribution in [0.5, 0.6) is 5.75 Å². The summed E-state index contributed by atoms with van der Waals surface area (Å²) in [6.45, 7) is 0.754. The molecule has 2 aromatic rings. The number of hydrogen-bond acceptors (Lipinski definition) is 8. The topological polar surface area (TPSA) is 124 Å². The van der Waals surface area contributed by atoms with Gasteiger partial charge < -0.3 is 25.6 Å². The van der Waals surface area contributed by atoms with Crippen LogP contribution in [0.1, 0.15) is 22.6 Å². The van der Waals surface area contributed by atoms with Crippen LogP contribution < -0.4 is 15.8 Å². The normalized spacial score (nSPS) is 18.9. The van der Waals surface area contributed by atoms with Crippen molar-refractivity contribution in [3.05, 3.63) is 46.5 Å². The zero-order valence-electron chi connectivity index (χ0n) is 21.1. The van der Waals surface area contributed by atoms with E-state index in [1.807, 2.05) is 24.3 Å². The summed E-state index contributed by atoms with van der Waals surface area (Å²) >= 11 is 1.48. The predicted molar refractivity (Wildman–Crippen MR) is 142 cm³/mol. The van der Waals surface area contributed by atoms with Crippen LogP contribution in [0, 0.1) is 12.3 Å². The van der Waals surface area contributed by atoms with E-state index in [9.17, 15) is 14.4 Å². The zero-order chi connectivity index (χ0) is 26.8. The molecule has 1 aromatic heterocycles. The molecular weight excluding hydrogens is 506 g/mol. The average Bonchev–Trinajstić information content (AvgIpc) is 3.45. The second-order valence-corrected chi connectivity index (χ2v) is 10.3. The second kappa shape index (κ2) is 10.7. The molecule has 12 heteroatoms. The summed E-state index contributed by atoms with van der Waals surface area (Å²) in [5.74, 6) is 2.86. The predicted octanol–water partition coefficient (Wildman–Crippen LogP) is 1.14. The van der Waals surface area contributed by atoms with Crippen molar-refractivity contribution in [3.63, 3.8) is 0 Å². The summed E-state index contributed by atoms with van der Waals surface area (Å²) in [6, 6.07) is 6.93. The van der Waals surface area contributed by atoms with Crippen LogP contribution in [0.2, 0.25) is 0 Å². The van der Waals surface area contributed by atoms with Crippen LogP contribution in [-0.4, -0.2) is 88.6 Å². The molecular formula is C26H29N7O4S. The molecule has 4 amide bonds. The lowest BCUT2D eigenvalue weighted by atomic mass is 10.0. The minimum atomic E-state index is -0.510. The number of methoxy groups -OCH3 is 1. The maximum absolute atomic E-state index is 13.2. The molecule has 3 heterocycles. The van der Waals surface area contributed by atoms with Gasteiger partial charge in [-0.05, 0) is 36.1 Å². The summed E-state index contributed by atoms with van der Waals surface area (Å²) in [5.41, 5.74) is 8.62. The van der Waals surface area contributed by atoms with E-state index in [1.54, 1.807) is 17.0 Å². The van der Waals surface area contributed by atoms with E-state index in [0.29, 0.717) is 11.7 Å². The van der Waals surface area contributed by atoms with Crippen molar-refractivity contribution < 1.29 is 19.1 Å². The number of aryl methyl sites for hydroxylation is 1. The van der Waals surface area contributed by atoms with E-state index >= 15 is 0 Å². The third kappa shape index (κ3) is 5.03. The van der Waals surface area contributed by atoms with Gasteiger partial charge in [-0.3, -0.25) is 9.59 Å². The van der Waals surface area contributed by atoms with Crippen LogP contribution in [0.4, 0.5) is 9.93 Å². The molecule has 1 aliphatic carbocycles. The molecule has 0 saturated carbocycles. The maximum atomic E-state index is 13.2. The van der Waals surface area contributed by atoms with Gasteiger partial charge in [0.05, 0.1) is 32.4 Å². The maximum Gasteiger partial charge on any atom is 0.333 e. The lowest BCUT2D eigenvalue weighted by Gasteiger charge is -2.42. The number of ether oxygens (including phenoxy) is 1. The van der Waals surface area contributed by atoms with E-state index in [0.717, 1.165) is 40.3 Å². The highest BCUT2D eigenvalue weighted by Crippen LogP contribution is 2.33. The lowest BCUT2D eigenvalue weighted by Crippen LogP contribution is -2.62. The smallest absolute Gasteiger partial charge is 0.333 e. The Morgan fingerprint density at radius 2 is 2.08 bits per heavy atom. The number of nitrogen functional groups attached to an aromatic ring is 1. The van der Waals surface area contributed by atoms with Crippen molar-refractivity contribution >= 4 is 39.9 Å². The van der Waals surface area contributed by atoms with E-state index in [1.165, 1.54) is 21.2 Å². The Morgan fingerprint density at radius 1 is 1.29 bits per heavy atom. The SMILES string of the molecule is C#CCN(C(=O)NCc1ccc(OC)cc1)N1CC(=O)N2CC(=O)N(CC3=CCCc4sc(N)nc43)C[C@@H]21. The van der Waals surface area contributed by atoms with Crippen molar-refractivity contribution in [2.45, 2.75) is 25.6 Å². The molecule has 1 aromatic carbocycles. The van der Waals surface area contributed by atoms with Crippen LogP contribution in [-0.2, 0) is 22.6 Å². The van der Waals surface area contributed by atoms with Gasteiger partial charge in [-0.1, -0.05) is 24.1 Å². The molecule has 3 N–H and O–H groups in total. The summed E-state index contributed by atoms with van der Waals surface area (Å²) in [4.78, 5) is 47.9. The third-order valence-electron chi connectivity index (χ3n) is 6.89. The molecule has 2 aliphatic heterocycles. The molecule has 11 nitrogen and oxygen atoms in total. The molecule has 38 heavy (non-hydrogen) atoms. The second-order valence-electron chi connectivity index (χ2n) is 9.23. The largest absolute Gasteiger partial charge is 0.497 e. The number of nitrogens with two attached hydrogens (primary N) is 1. The van der Waals surface area contributed by atoms with Crippen LogP contribution in [0.15, 0.2) is 30.3 Å². The van der Waals surface area contributed by atoms with Gasteiger partial charge in [0.2, 0.25) is 11.8 Å². The number of aromatic nitrogens is 1. The van der Waals surface area contributed by atoms with E-state index < -0.39 is 12.2 Å². The molecule has 2 fully saturated rings. The molecule has 0 radical (unpaired) electrons. The molecule has 3 aliphatic rings. The Labute approximate surface area is 224 Å². The van der Waals surface area contributed by atoms with E-state index in [4.69, 9.17) is 16.9 Å². The number of piperazine rings is 1. The number of thiazole rings is 1. The average molecular weight is 536 g/mol. The minimum absolute atomic E-state index is 0.0212. The number of benzene rings is 1. The molecule has 0 unspecified atom stereocenters. The fourth-order valence-corrected chi connectivity index (χ4v) is 5.86. The number of terminal acetylenes is 1. The highest BCUT2D eigenvalue weighted by molar-refractivity contribution is 7.15. The van der Waals surface area contributed by atoms with Gasteiger partial charge in [0.1, 0.15) is 18.5 Å². The Balaban J connectivity index is 1.30. The molecule has 5 rings (SSSR count). The van der Waals surface area contributed by atoms with Crippen LogP contribution in [0.3, 0.4) is 0 Å². The number of nitrogens with one attached hydrogen (secondary N) is 1. The number of hydrazine groups is 1. The number of anilines is 1. The number of carbonyl (C=O) groups excluding carboxylic acids is 3. The Hall–Kier alpha value is -4.08. The van der Waals surface area contributed by atoms with Gasteiger partial charge in [-0.15, -0.1) is 17.8 Å². The van der Waals surface area contributed by atoms with E-state index in [2.05, 4.69) is 22.3 Å². The number of allylic oxidation sites excluding steroid dienone is 1. The minimum Gasteiger partial charge on any atom is -0.497 e. The van der Waals surface area contributed by atoms with E-state index in [-0.39, 0.29) is 44.5 Å².